The van der Waals surface area contributed by atoms with Crippen molar-refractivity contribution >= 4 is 61.3 Å². The van der Waals surface area contributed by atoms with Crippen LogP contribution in [0.4, 0.5) is 5.69 Å². The van der Waals surface area contributed by atoms with Crippen molar-refractivity contribution in [3.8, 4) is 11.6 Å². The summed E-state index contributed by atoms with van der Waals surface area (Å²) in [5, 5.41) is 16.7. The van der Waals surface area contributed by atoms with Gasteiger partial charge in [0.25, 0.3) is 11.2 Å². The molecule has 0 radical (unpaired) electrons. The Kier molecular flexibility index (Phi) is 5.27. The monoisotopic (exact) mass is 522 g/mol. The first-order valence-corrected chi connectivity index (χ1v) is 10.8. The molecular formula is C23H12BrClN4O4. The topological polar surface area (TPSA) is 104 Å². The van der Waals surface area contributed by atoms with Crippen molar-refractivity contribution in [1.29, 1.82) is 0 Å². The van der Waals surface area contributed by atoms with Crippen molar-refractivity contribution in [3.63, 3.8) is 0 Å². The fraction of sp³-hybridized carbons (Fsp3) is 0. The zero-order chi connectivity index (χ0) is 23.1. The van der Waals surface area contributed by atoms with Crippen LogP contribution in [0.1, 0.15) is 5.56 Å². The van der Waals surface area contributed by atoms with Gasteiger partial charge in [-0.25, -0.2) is 4.98 Å². The summed E-state index contributed by atoms with van der Waals surface area (Å²) in [5.74, 6) is 0.552. The Labute approximate surface area is 199 Å². The van der Waals surface area contributed by atoms with Gasteiger partial charge in [0.1, 0.15) is 10.6 Å². The third-order valence-electron chi connectivity index (χ3n) is 4.94. The number of para-hydroxylation sites is 1. The molecule has 0 saturated carbocycles. The second-order valence-corrected chi connectivity index (χ2v) is 8.40. The maximum Gasteiger partial charge on any atom is 0.288 e. The molecule has 0 aliphatic rings. The number of fused-ring (bicyclic) bond motifs is 2. The first-order chi connectivity index (χ1) is 15.9. The van der Waals surface area contributed by atoms with Crippen molar-refractivity contribution in [2.45, 2.75) is 0 Å². The molecule has 0 N–H and O–H groups in total. The lowest BCUT2D eigenvalue weighted by molar-refractivity contribution is -0.384. The van der Waals surface area contributed by atoms with E-state index in [0.29, 0.717) is 27.8 Å². The first-order valence-electron chi connectivity index (χ1n) is 9.60. The number of nitro groups is 1. The van der Waals surface area contributed by atoms with E-state index >= 15 is 0 Å². The summed E-state index contributed by atoms with van der Waals surface area (Å²) in [5.41, 5.74) is 0.850. The molecule has 33 heavy (non-hydrogen) atoms. The van der Waals surface area contributed by atoms with Crippen molar-refractivity contribution in [2.24, 2.45) is 5.10 Å². The highest BCUT2D eigenvalue weighted by atomic mass is 79.9. The Morgan fingerprint density at radius 1 is 1.12 bits per heavy atom. The molecule has 0 unspecified atom stereocenters. The summed E-state index contributed by atoms with van der Waals surface area (Å²) in [6, 6.07) is 18.5. The van der Waals surface area contributed by atoms with Gasteiger partial charge in [-0.2, -0.15) is 9.78 Å². The fourth-order valence-corrected chi connectivity index (χ4v) is 3.95. The maximum atomic E-state index is 13.3. The highest BCUT2D eigenvalue weighted by Crippen LogP contribution is 2.29. The van der Waals surface area contributed by atoms with Crippen LogP contribution in [0, 0.1) is 10.1 Å². The molecular weight excluding hydrogens is 512 g/mol. The lowest BCUT2D eigenvalue weighted by Gasteiger charge is -2.07. The SMILES string of the molecule is O=c1c2ccccc2nc(-c2cc3cc(Br)ccc3o2)n1N=Cc1ccc(Cl)c([N+](=O)[O-])c1. The molecule has 0 spiro atoms. The molecule has 2 aromatic heterocycles. The number of nitro benzene ring substituents is 1. The number of benzene rings is 3. The quantitative estimate of drug-likeness (QED) is 0.163. The van der Waals surface area contributed by atoms with Crippen molar-refractivity contribution in [1.82, 2.24) is 9.66 Å². The van der Waals surface area contributed by atoms with Crippen LogP contribution < -0.4 is 5.56 Å². The van der Waals surface area contributed by atoms with E-state index in [1.54, 1.807) is 36.4 Å². The van der Waals surface area contributed by atoms with E-state index in [1.165, 1.54) is 18.3 Å². The molecule has 5 aromatic rings. The summed E-state index contributed by atoms with van der Waals surface area (Å²) in [6.07, 6.45) is 1.34. The molecule has 0 saturated heterocycles. The van der Waals surface area contributed by atoms with Crippen LogP contribution in [0.3, 0.4) is 0 Å². The Bertz CT molecular complexity index is 1660. The van der Waals surface area contributed by atoms with Gasteiger partial charge in [-0.3, -0.25) is 14.9 Å². The number of rotatable bonds is 4. The molecule has 3 aromatic carbocycles. The maximum absolute atomic E-state index is 13.3. The molecule has 10 heteroatoms. The Morgan fingerprint density at radius 2 is 1.94 bits per heavy atom. The molecule has 2 heterocycles. The third-order valence-corrected chi connectivity index (χ3v) is 5.75. The second kappa shape index (κ2) is 8.27. The van der Waals surface area contributed by atoms with Gasteiger partial charge < -0.3 is 4.42 Å². The van der Waals surface area contributed by atoms with Crippen LogP contribution in [0.25, 0.3) is 33.5 Å². The van der Waals surface area contributed by atoms with Gasteiger partial charge in [-0.15, -0.1) is 0 Å². The number of nitrogens with zero attached hydrogens (tertiary/aromatic N) is 4. The molecule has 0 amide bonds. The Hall–Kier alpha value is -3.82. The average molecular weight is 524 g/mol. The van der Waals surface area contributed by atoms with E-state index in [0.717, 1.165) is 14.5 Å². The molecule has 5 rings (SSSR count). The number of halogens is 2. The van der Waals surface area contributed by atoms with Crippen LogP contribution >= 0.6 is 27.5 Å². The van der Waals surface area contributed by atoms with Gasteiger partial charge in [0.15, 0.2) is 5.76 Å². The predicted octanol–water partition coefficient (Wildman–Crippen LogP) is 6.02. The smallest absolute Gasteiger partial charge is 0.288 e. The van der Waals surface area contributed by atoms with E-state index in [4.69, 9.17) is 16.0 Å². The standard InChI is InChI=1S/C23H12BrClN4O4/c24-15-6-8-20-14(10-15)11-21(33-20)22-27-18-4-2-1-3-16(18)23(30)28(22)26-12-13-5-7-17(25)19(9-13)29(31)32/h1-12H. The summed E-state index contributed by atoms with van der Waals surface area (Å²) < 4.78 is 7.95. The van der Waals surface area contributed by atoms with Crippen molar-refractivity contribution < 1.29 is 9.34 Å². The van der Waals surface area contributed by atoms with E-state index in [9.17, 15) is 14.9 Å². The summed E-state index contributed by atoms with van der Waals surface area (Å²) >= 11 is 9.32. The summed E-state index contributed by atoms with van der Waals surface area (Å²) in [6.45, 7) is 0. The third kappa shape index (κ3) is 3.92. The van der Waals surface area contributed by atoms with Gasteiger partial charge in [-0.05, 0) is 42.5 Å². The van der Waals surface area contributed by atoms with Crippen molar-refractivity contribution in [2.75, 3.05) is 0 Å². The average Bonchev–Trinajstić information content (AvgIpc) is 3.22. The number of furan rings is 1. The molecule has 0 atom stereocenters. The first kappa shape index (κ1) is 21.0. The van der Waals surface area contributed by atoms with E-state index < -0.39 is 10.5 Å². The number of hydrogen-bond acceptors (Lipinski definition) is 6. The van der Waals surface area contributed by atoms with Gasteiger partial charge in [0.05, 0.1) is 22.0 Å². The van der Waals surface area contributed by atoms with Crippen LogP contribution in [0.2, 0.25) is 5.02 Å². The zero-order valence-corrected chi connectivity index (χ0v) is 18.9. The lowest BCUT2D eigenvalue weighted by Crippen LogP contribution is -2.20. The molecule has 0 fully saturated rings. The summed E-state index contributed by atoms with van der Waals surface area (Å²) in [7, 11) is 0. The van der Waals surface area contributed by atoms with Crippen LogP contribution in [0.15, 0.2) is 85.5 Å². The largest absolute Gasteiger partial charge is 0.453 e. The fourth-order valence-electron chi connectivity index (χ4n) is 3.39. The van der Waals surface area contributed by atoms with Gasteiger partial charge in [0.2, 0.25) is 5.82 Å². The highest BCUT2D eigenvalue weighted by Gasteiger charge is 2.17. The van der Waals surface area contributed by atoms with E-state index in [2.05, 4.69) is 26.0 Å². The van der Waals surface area contributed by atoms with E-state index in [1.807, 2.05) is 18.2 Å². The lowest BCUT2D eigenvalue weighted by atomic mass is 10.2. The zero-order valence-electron chi connectivity index (χ0n) is 16.6. The van der Waals surface area contributed by atoms with Crippen molar-refractivity contribution in [3.05, 3.63) is 102 Å². The van der Waals surface area contributed by atoms with Crippen LogP contribution in [-0.2, 0) is 0 Å². The highest BCUT2D eigenvalue weighted by molar-refractivity contribution is 9.10. The molecule has 162 valence electrons. The van der Waals surface area contributed by atoms with Crippen LogP contribution in [-0.4, -0.2) is 20.8 Å². The van der Waals surface area contributed by atoms with Crippen LogP contribution in [0.5, 0.6) is 0 Å². The minimum Gasteiger partial charge on any atom is -0.453 e. The molecule has 0 bridgehead atoms. The van der Waals surface area contributed by atoms with Gasteiger partial charge >= 0.3 is 0 Å². The summed E-state index contributed by atoms with van der Waals surface area (Å²) in [4.78, 5) is 28.5. The van der Waals surface area contributed by atoms with Gasteiger partial charge in [-0.1, -0.05) is 45.7 Å². The molecule has 0 aliphatic heterocycles. The second-order valence-electron chi connectivity index (χ2n) is 7.07. The Morgan fingerprint density at radius 3 is 2.76 bits per heavy atom. The normalized spacial score (nSPS) is 11.6. The Balaban J connectivity index is 1.71. The minimum absolute atomic E-state index is 0.0100. The molecule has 0 aliphatic carbocycles. The number of aromatic nitrogens is 2. The number of hydrogen-bond donors (Lipinski definition) is 0. The molecule has 8 nitrogen and oxygen atoms in total. The minimum atomic E-state index is -0.582. The van der Waals surface area contributed by atoms with E-state index in [-0.39, 0.29) is 16.5 Å². The predicted molar refractivity (Wildman–Crippen MR) is 130 cm³/mol. The van der Waals surface area contributed by atoms with Gasteiger partial charge in [0, 0.05) is 21.5 Å².